The Morgan fingerprint density at radius 2 is 1.91 bits per heavy atom. The molecule has 0 aromatic carbocycles. The molecule has 0 saturated heterocycles. The van der Waals surface area contributed by atoms with E-state index in [9.17, 15) is 14.7 Å². The second kappa shape index (κ2) is 5.91. The molecule has 0 radical (unpaired) electrons. The lowest BCUT2D eigenvalue weighted by molar-refractivity contribution is -0.148. The zero-order valence-electron chi connectivity index (χ0n) is 12.5. The van der Waals surface area contributed by atoms with Gasteiger partial charge < -0.3 is 10.4 Å². The van der Waals surface area contributed by atoms with Gasteiger partial charge in [0.2, 0.25) is 5.91 Å². The van der Waals surface area contributed by atoms with Crippen molar-refractivity contribution in [2.45, 2.75) is 25.8 Å². The first-order valence-corrected chi connectivity index (χ1v) is 7.73. The van der Waals surface area contributed by atoms with Gasteiger partial charge in [-0.1, -0.05) is 19.1 Å². The zero-order valence-corrected chi connectivity index (χ0v) is 12.5. The molecule has 2 aliphatic rings. The maximum absolute atomic E-state index is 12.7. The third-order valence-electron chi connectivity index (χ3n) is 4.88. The summed E-state index contributed by atoms with van der Waals surface area (Å²) in [7, 11) is 0. The molecule has 1 aromatic heterocycles. The van der Waals surface area contributed by atoms with E-state index in [4.69, 9.17) is 0 Å². The number of carbonyl (C=O) groups is 2. The topological polar surface area (TPSA) is 79.3 Å². The first kappa shape index (κ1) is 14.8. The minimum atomic E-state index is -0.867. The quantitative estimate of drug-likeness (QED) is 0.817. The standard InChI is InChI=1S/C17H20N2O3/c1-2-13(10-5-7-18-8-6-10)19-16(20)14-11-3-4-12(9-11)15(14)17(21)22/h3-8,11-15H,2,9H2,1H3,(H,19,20)(H,21,22). The number of fused-ring (bicyclic) bond motifs is 2. The Morgan fingerprint density at radius 3 is 2.50 bits per heavy atom. The van der Waals surface area contributed by atoms with E-state index in [2.05, 4.69) is 10.3 Å². The lowest BCUT2D eigenvalue weighted by Crippen LogP contribution is -2.41. The first-order valence-electron chi connectivity index (χ1n) is 7.73. The van der Waals surface area contributed by atoms with Crippen LogP contribution in [0.5, 0.6) is 0 Å². The van der Waals surface area contributed by atoms with Gasteiger partial charge in [-0.05, 0) is 42.4 Å². The van der Waals surface area contributed by atoms with E-state index in [1.807, 2.05) is 31.2 Å². The number of allylic oxidation sites excluding steroid dienone is 2. The molecule has 5 atom stereocenters. The Labute approximate surface area is 129 Å². The van der Waals surface area contributed by atoms with Gasteiger partial charge in [-0.2, -0.15) is 0 Å². The fourth-order valence-electron chi connectivity index (χ4n) is 3.80. The van der Waals surface area contributed by atoms with E-state index >= 15 is 0 Å². The molecule has 0 spiro atoms. The minimum Gasteiger partial charge on any atom is -0.481 e. The minimum absolute atomic E-state index is 0.000693. The van der Waals surface area contributed by atoms with Gasteiger partial charge in [-0.3, -0.25) is 14.6 Å². The van der Waals surface area contributed by atoms with Crippen LogP contribution < -0.4 is 5.32 Å². The summed E-state index contributed by atoms with van der Waals surface area (Å²) in [6.07, 6.45) is 8.88. The van der Waals surface area contributed by atoms with Crippen LogP contribution in [0.25, 0.3) is 0 Å². The van der Waals surface area contributed by atoms with Crippen molar-refractivity contribution in [1.29, 1.82) is 0 Å². The van der Waals surface area contributed by atoms with Gasteiger partial charge in [0.1, 0.15) is 0 Å². The Balaban J connectivity index is 1.76. The van der Waals surface area contributed by atoms with Gasteiger partial charge in [0.25, 0.3) is 0 Å². The van der Waals surface area contributed by atoms with E-state index in [-0.39, 0.29) is 23.8 Å². The number of hydrogen-bond acceptors (Lipinski definition) is 3. The third-order valence-corrected chi connectivity index (χ3v) is 4.88. The van der Waals surface area contributed by atoms with Crippen LogP contribution in [0.15, 0.2) is 36.7 Å². The monoisotopic (exact) mass is 300 g/mol. The molecular formula is C17H20N2O3. The average molecular weight is 300 g/mol. The maximum Gasteiger partial charge on any atom is 0.307 e. The second-order valence-electron chi connectivity index (χ2n) is 6.09. The number of carboxylic acids is 1. The highest BCUT2D eigenvalue weighted by atomic mass is 16.4. The van der Waals surface area contributed by atoms with Crippen molar-refractivity contribution in [3.05, 3.63) is 42.2 Å². The molecule has 1 fully saturated rings. The number of nitrogens with zero attached hydrogens (tertiary/aromatic N) is 1. The summed E-state index contributed by atoms with van der Waals surface area (Å²) in [6, 6.07) is 3.65. The Morgan fingerprint density at radius 1 is 1.27 bits per heavy atom. The summed E-state index contributed by atoms with van der Waals surface area (Å²) in [6.45, 7) is 2.00. The molecule has 116 valence electrons. The molecule has 2 N–H and O–H groups in total. The Hall–Kier alpha value is -2.17. The average Bonchev–Trinajstić information content (AvgIpc) is 3.14. The van der Waals surface area contributed by atoms with Gasteiger partial charge in [0, 0.05) is 12.4 Å². The van der Waals surface area contributed by atoms with Crippen molar-refractivity contribution >= 4 is 11.9 Å². The van der Waals surface area contributed by atoms with E-state index in [0.29, 0.717) is 0 Å². The van der Waals surface area contributed by atoms with Crippen LogP contribution in [-0.2, 0) is 9.59 Å². The summed E-state index contributed by atoms with van der Waals surface area (Å²) in [5.74, 6) is -2.00. The molecule has 2 bridgehead atoms. The van der Waals surface area contributed by atoms with Gasteiger partial charge >= 0.3 is 5.97 Å². The summed E-state index contributed by atoms with van der Waals surface area (Å²) in [5, 5.41) is 12.5. The fraction of sp³-hybridized carbons (Fsp3) is 0.471. The van der Waals surface area contributed by atoms with Crippen molar-refractivity contribution < 1.29 is 14.7 Å². The van der Waals surface area contributed by atoms with Crippen LogP contribution in [0, 0.1) is 23.7 Å². The molecule has 22 heavy (non-hydrogen) atoms. The summed E-state index contributed by atoms with van der Waals surface area (Å²) in [5.41, 5.74) is 0.997. The van der Waals surface area contributed by atoms with E-state index in [0.717, 1.165) is 18.4 Å². The van der Waals surface area contributed by atoms with Crippen LogP contribution in [0.1, 0.15) is 31.4 Å². The van der Waals surface area contributed by atoms with Crippen molar-refractivity contribution in [2.24, 2.45) is 23.7 Å². The molecule has 1 amide bonds. The number of amides is 1. The van der Waals surface area contributed by atoms with E-state index < -0.39 is 17.8 Å². The summed E-state index contributed by atoms with van der Waals surface area (Å²) in [4.78, 5) is 28.2. The second-order valence-corrected chi connectivity index (χ2v) is 6.09. The van der Waals surface area contributed by atoms with Gasteiger partial charge in [0.05, 0.1) is 17.9 Å². The molecule has 1 aromatic rings. The highest BCUT2D eigenvalue weighted by Crippen LogP contribution is 2.48. The first-order chi connectivity index (χ1) is 10.6. The number of rotatable bonds is 5. The number of nitrogens with one attached hydrogen (secondary N) is 1. The number of pyridine rings is 1. The predicted octanol–water partition coefficient (Wildman–Crippen LogP) is 2.17. The van der Waals surface area contributed by atoms with Crippen LogP contribution in [-0.4, -0.2) is 22.0 Å². The lowest BCUT2D eigenvalue weighted by Gasteiger charge is -2.26. The zero-order chi connectivity index (χ0) is 15.7. The number of aliphatic carboxylic acids is 1. The Kier molecular flexibility index (Phi) is 3.96. The number of carboxylic acid groups (broad SMARTS) is 1. The molecule has 5 heteroatoms. The molecular weight excluding hydrogens is 280 g/mol. The predicted molar refractivity (Wildman–Crippen MR) is 80.8 cm³/mol. The molecule has 5 nitrogen and oxygen atoms in total. The molecule has 5 unspecified atom stereocenters. The van der Waals surface area contributed by atoms with Crippen LogP contribution >= 0.6 is 0 Å². The van der Waals surface area contributed by atoms with Crippen LogP contribution in [0.4, 0.5) is 0 Å². The van der Waals surface area contributed by atoms with E-state index in [1.165, 1.54) is 0 Å². The third kappa shape index (κ3) is 2.51. The highest BCUT2D eigenvalue weighted by Gasteiger charge is 2.51. The van der Waals surface area contributed by atoms with E-state index in [1.54, 1.807) is 12.4 Å². The van der Waals surface area contributed by atoms with Gasteiger partial charge in [-0.25, -0.2) is 0 Å². The number of hydrogen-bond donors (Lipinski definition) is 2. The van der Waals surface area contributed by atoms with Gasteiger partial charge in [0.15, 0.2) is 0 Å². The molecule has 0 aliphatic heterocycles. The lowest BCUT2D eigenvalue weighted by atomic mass is 9.82. The van der Waals surface area contributed by atoms with Crippen LogP contribution in [0.3, 0.4) is 0 Å². The normalized spacial score (nSPS) is 30.2. The summed E-state index contributed by atoms with van der Waals surface area (Å²) < 4.78 is 0. The molecule has 1 saturated carbocycles. The Bertz CT molecular complexity index is 599. The van der Waals surface area contributed by atoms with Crippen LogP contribution in [0.2, 0.25) is 0 Å². The highest BCUT2D eigenvalue weighted by molar-refractivity contribution is 5.87. The van der Waals surface area contributed by atoms with Crippen molar-refractivity contribution in [2.75, 3.05) is 0 Å². The number of aromatic nitrogens is 1. The fourth-order valence-corrected chi connectivity index (χ4v) is 3.80. The maximum atomic E-state index is 12.7. The van der Waals surface area contributed by atoms with Crippen molar-refractivity contribution in [3.63, 3.8) is 0 Å². The van der Waals surface area contributed by atoms with Crippen molar-refractivity contribution in [3.8, 4) is 0 Å². The smallest absolute Gasteiger partial charge is 0.307 e. The molecule has 1 heterocycles. The molecule has 3 rings (SSSR count). The summed E-state index contributed by atoms with van der Waals surface area (Å²) >= 11 is 0. The SMILES string of the molecule is CCC(NC(=O)C1C2C=CC(C2)C1C(=O)O)c1ccncc1. The van der Waals surface area contributed by atoms with Gasteiger partial charge in [-0.15, -0.1) is 0 Å². The number of carbonyl (C=O) groups excluding carboxylic acids is 1. The molecule has 2 aliphatic carbocycles. The largest absolute Gasteiger partial charge is 0.481 e. The van der Waals surface area contributed by atoms with Crippen molar-refractivity contribution in [1.82, 2.24) is 10.3 Å².